The molecule has 1 fully saturated rings. The van der Waals surface area contributed by atoms with Crippen molar-refractivity contribution >= 4 is 17.1 Å². The number of pyridine rings is 1. The van der Waals surface area contributed by atoms with E-state index in [0.29, 0.717) is 18.6 Å². The van der Waals surface area contributed by atoms with Crippen molar-refractivity contribution in [1.82, 2.24) is 19.0 Å². The Balaban J connectivity index is 2.02. The number of carbonyl (C=O) groups excluding carboxylic acids is 1. The Hall–Kier alpha value is -2.11. The number of imidazole rings is 1. The SMILES string of the molecule is CCC(=O)N1CCC[C@H](n2c(=O)n(C)c3cccnc32)C1. The molecular weight excluding hydrogens is 268 g/mol. The van der Waals surface area contributed by atoms with Crippen LogP contribution in [-0.2, 0) is 11.8 Å². The van der Waals surface area contributed by atoms with Gasteiger partial charge in [-0.05, 0) is 25.0 Å². The maximum atomic E-state index is 12.5. The van der Waals surface area contributed by atoms with E-state index in [-0.39, 0.29) is 17.6 Å². The van der Waals surface area contributed by atoms with Gasteiger partial charge in [0.2, 0.25) is 5.91 Å². The molecule has 0 aromatic carbocycles. The Labute approximate surface area is 123 Å². The van der Waals surface area contributed by atoms with Crippen LogP contribution in [0.4, 0.5) is 0 Å². The van der Waals surface area contributed by atoms with Gasteiger partial charge in [-0.3, -0.25) is 13.9 Å². The van der Waals surface area contributed by atoms with Crippen molar-refractivity contribution in [2.75, 3.05) is 13.1 Å². The number of carbonyl (C=O) groups is 1. The molecule has 21 heavy (non-hydrogen) atoms. The van der Waals surface area contributed by atoms with Crippen LogP contribution in [0.2, 0.25) is 0 Å². The second-order valence-corrected chi connectivity index (χ2v) is 5.55. The highest BCUT2D eigenvalue weighted by Gasteiger charge is 2.27. The summed E-state index contributed by atoms with van der Waals surface area (Å²) in [6.45, 7) is 3.26. The van der Waals surface area contributed by atoms with Gasteiger partial charge in [0.15, 0.2) is 5.65 Å². The van der Waals surface area contributed by atoms with Gasteiger partial charge in [0.05, 0.1) is 11.6 Å². The lowest BCUT2D eigenvalue weighted by Gasteiger charge is -2.33. The number of aromatic nitrogens is 3. The Morgan fingerprint density at radius 3 is 3.05 bits per heavy atom. The van der Waals surface area contributed by atoms with E-state index in [4.69, 9.17) is 0 Å². The van der Waals surface area contributed by atoms with Gasteiger partial charge in [0.25, 0.3) is 0 Å². The number of piperidine rings is 1. The Morgan fingerprint density at radius 2 is 2.29 bits per heavy atom. The van der Waals surface area contributed by atoms with E-state index >= 15 is 0 Å². The molecular formula is C15H20N4O2. The maximum Gasteiger partial charge on any atom is 0.330 e. The lowest BCUT2D eigenvalue weighted by atomic mass is 10.1. The number of rotatable bonds is 2. The summed E-state index contributed by atoms with van der Waals surface area (Å²) in [5.41, 5.74) is 1.49. The molecule has 6 heteroatoms. The number of hydrogen-bond donors (Lipinski definition) is 0. The van der Waals surface area contributed by atoms with E-state index in [0.717, 1.165) is 24.9 Å². The number of likely N-dealkylation sites (tertiary alicyclic amines) is 1. The van der Waals surface area contributed by atoms with E-state index < -0.39 is 0 Å². The molecule has 6 nitrogen and oxygen atoms in total. The second kappa shape index (κ2) is 5.35. The first-order valence-electron chi connectivity index (χ1n) is 7.43. The number of amides is 1. The first-order chi connectivity index (χ1) is 10.1. The molecule has 0 bridgehead atoms. The monoisotopic (exact) mass is 288 g/mol. The van der Waals surface area contributed by atoms with Gasteiger partial charge in [-0.15, -0.1) is 0 Å². The van der Waals surface area contributed by atoms with Crippen molar-refractivity contribution in [3.05, 3.63) is 28.8 Å². The molecule has 2 aromatic heterocycles. The summed E-state index contributed by atoms with van der Waals surface area (Å²) in [6, 6.07) is 3.75. The predicted molar refractivity (Wildman–Crippen MR) is 80.1 cm³/mol. The number of aryl methyl sites for hydroxylation is 1. The number of fused-ring (bicyclic) bond motifs is 1. The zero-order chi connectivity index (χ0) is 15.0. The summed E-state index contributed by atoms with van der Waals surface area (Å²) in [5.74, 6) is 0.154. The van der Waals surface area contributed by atoms with Gasteiger partial charge in [-0.2, -0.15) is 0 Å². The molecule has 2 aromatic rings. The molecule has 1 amide bonds. The zero-order valence-electron chi connectivity index (χ0n) is 12.5. The van der Waals surface area contributed by atoms with Crippen molar-refractivity contribution < 1.29 is 4.79 Å². The maximum absolute atomic E-state index is 12.5. The van der Waals surface area contributed by atoms with Gasteiger partial charge in [-0.25, -0.2) is 9.78 Å². The quantitative estimate of drug-likeness (QED) is 0.837. The Morgan fingerprint density at radius 1 is 1.48 bits per heavy atom. The van der Waals surface area contributed by atoms with E-state index in [9.17, 15) is 9.59 Å². The van der Waals surface area contributed by atoms with Crippen LogP contribution >= 0.6 is 0 Å². The van der Waals surface area contributed by atoms with Gasteiger partial charge < -0.3 is 4.90 Å². The van der Waals surface area contributed by atoms with E-state index in [2.05, 4.69) is 4.98 Å². The molecule has 112 valence electrons. The van der Waals surface area contributed by atoms with Crippen LogP contribution in [0.5, 0.6) is 0 Å². The molecule has 0 N–H and O–H groups in total. The summed E-state index contributed by atoms with van der Waals surface area (Å²) in [6.07, 6.45) is 4.04. The van der Waals surface area contributed by atoms with Crippen LogP contribution < -0.4 is 5.69 Å². The van der Waals surface area contributed by atoms with Crippen LogP contribution in [0, 0.1) is 0 Å². The van der Waals surface area contributed by atoms with Crippen LogP contribution in [0.15, 0.2) is 23.1 Å². The highest BCUT2D eigenvalue weighted by atomic mass is 16.2. The summed E-state index contributed by atoms with van der Waals surface area (Å²) in [5, 5.41) is 0. The molecule has 3 rings (SSSR count). The molecule has 3 heterocycles. The topological polar surface area (TPSA) is 60.1 Å². The third kappa shape index (κ3) is 2.24. The van der Waals surface area contributed by atoms with E-state index in [1.54, 1.807) is 22.4 Å². The standard InChI is InChI=1S/C15H20N4O2/c1-3-13(20)18-9-5-6-11(10-18)19-14-12(7-4-8-16-14)17(2)15(19)21/h4,7-8,11H,3,5-6,9-10H2,1-2H3/t11-/m0/s1. The highest BCUT2D eigenvalue weighted by Crippen LogP contribution is 2.24. The minimum Gasteiger partial charge on any atom is -0.341 e. The highest BCUT2D eigenvalue weighted by molar-refractivity contribution is 5.76. The predicted octanol–water partition coefficient (Wildman–Crippen LogP) is 1.31. The fourth-order valence-corrected chi connectivity index (χ4v) is 3.14. The average molecular weight is 288 g/mol. The van der Waals surface area contributed by atoms with Crippen LogP contribution in [0.3, 0.4) is 0 Å². The van der Waals surface area contributed by atoms with Crippen molar-refractivity contribution in [2.45, 2.75) is 32.2 Å². The second-order valence-electron chi connectivity index (χ2n) is 5.55. The molecule has 1 saturated heterocycles. The lowest BCUT2D eigenvalue weighted by Crippen LogP contribution is -2.42. The summed E-state index contributed by atoms with van der Waals surface area (Å²) in [4.78, 5) is 30.7. The molecule has 1 aliphatic rings. The van der Waals surface area contributed by atoms with E-state index in [1.165, 1.54) is 0 Å². The Kier molecular flexibility index (Phi) is 3.53. The lowest BCUT2D eigenvalue weighted by molar-refractivity contribution is -0.132. The normalized spacial score (nSPS) is 19.1. The van der Waals surface area contributed by atoms with Gasteiger partial charge in [0, 0.05) is 32.8 Å². The van der Waals surface area contributed by atoms with Crippen molar-refractivity contribution in [3.63, 3.8) is 0 Å². The van der Waals surface area contributed by atoms with Crippen LogP contribution in [-0.4, -0.2) is 38.0 Å². The molecule has 0 radical (unpaired) electrons. The minimum absolute atomic E-state index is 0.0142. The van der Waals surface area contributed by atoms with Crippen molar-refractivity contribution in [2.24, 2.45) is 7.05 Å². The minimum atomic E-state index is -0.0560. The van der Waals surface area contributed by atoms with Gasteiger partial charge >= 0.3 is 5.69 Å². The fraction of sp³-hybridized carbons (Fsp3) is 0.533. The van der Waals surface area contributed by atoms with Crippen molar-refractivity contribution in [3.8, 4) is 0 Å². The zero-order valence-corrected chi connectivity index (χ0v) is 12.5. The molecule has 0 saturated carbocycles. The first kappa shape index (κ1) is 13.9. The number of nitrogens with zero attached hydrogens (tertiary/aromatic N) is 4. The molecule has 0 spiro atoms. The summed E-state index contributed by atoms with van der Waals surface area (Å²) >= 11 is 0. The fourth-order valence-electron chi connectivity index (χ4n) is 3.14. The third-order valence-corrected chi connectivity index (χ3v) is 4.27. The summed E-state index contributed by atoms with van der Waals surface area (Å²) in [7, 11) is 1.76. The Bertz CT molecular complexity index is 731. The molecule has 0 aliphatic carbocycles. The van der Waals surface area contributed by atoms with E-state index in [1.807, 2.05) is 24.0 Å². The molecule has 0 unspecified atom stereocenters. The molecule has 1 atom stereocenters. The first-order valence-corrected chi connectivity index (χ1v) is 7.43. The molecule has 1 aliphatic heterocycles. The van der Waals surface area contributed by atoms with Crippen molar-refractivity contribution in [1.29, 1.82) is 0 Å². The van der Waals surface area contributed by atoms with Gasteiger partial charge in [-0.1, -0.05) is 6.92 Å². The average Bonchev–Trinajstić information content (AvgIpc) is 2.78. The third-order valence-electron chi connectivity index (χ3n) is 4.27. The van der Waals surface area contributed by atoms with Crippen LogP contribution in [0.25, 0.3) is 11.2 Å². The summed E-state index contributed by atoms with van der Waals surface area (Å²) < 4.78 is 3.38. The largest absolute Gasteiger partial charge is 0.341 e. The smallest absolute Gasteiger partial charge is 0.330 e. The van der Waals surface area contributed by atoms with Crippen LogP contribution in [0.1, 0.15) is 32.2 Å². The number of hydrogen-bond acceptors (Lipinski definition) is 3. The van der Waals surface area contributed by atoms with Gasteiger partial charge in [0.1, 0.15) is 0 Å².